The molecule has 3 aliphatic rings. The Kier molecular flexibility index (Phi) is 4.50. The predicted molar refractivity (Wildman–Crippen MR) is 120 cm³/mol. The average Bonchev–Trinajstić information content (AvgIpc) is 3.51. The number of nitrogens with zero attached hydrogens (tertiary/aromatic N) is 3. The van der Waals surface area contributed by atoms with Crippen LogP contribution in [0.2, 0.25) is 0 Å². The number of ether oxygens (including phenoxy) is 2. The number of hydrogen-bond donors (Lipinski definition) is 1. The molecule has 31 heavy (non-hydrogen) atoms. The van der Waals surface area contributed by atoms with Gasteiger partial charge in [0.15, 0.2) is 11.5 Å². The van der Waals surface area contributed by atoms with Crippen molar-refractivity contribution in [2.75, 3.05) is 38.7 Å². The van der Waals surface area contributed by atoms with E-state index in [1.54, 1.807) is 0 Å². The van der Waals surface area contributed by atoms with Crippen LogP contribution in [-0.2, 0) is 19.4 Å². The van der Waals surface area contributed by atoms with Crippen molar-refractivity contribution < 1.29 is 14.3 Å². The van der Waals surface area contributed by atoms with Gasteiger partial charge < -0.3 is 20.1 Å². The second-order valence-electron chi connectivity index (χ2n) is 8.40. The van der Waals surface area contributed by atoms with Crippen molar-refractivity contribution in [3.63, 3.8) is 0 Å². The first-order chi connectivity index (χ1) is 15.2. The molecule has 160 valence electrons. The fourth-order valence-electron chi connectivity index (χ4n) is 4.71. The van der Waals surface area contributed by atoms with Crippen LogP contribution >= 0.6 is 11.3 Å². The van der Waals surface area contributed by atoms with E-state index >= 15 is 0 Å². The van der Waals surface area contributed by atoms with Crippen LogP contribution in [0.3, 0.4) is 0 Å². The molecule has 6 rings (SSSR count). The number of fused-ring (bicyclic) bond motifs is 3. The van der Waals surface area contributed by atoms with E-state index in [0.717, 1.165) is 60.6 Å². The van der Waals surface area contributed by atoms with E-state index in [2.05, 4.69) is 17.0 Å². The summed E-state index contributed by atoms with van der Waals surface area (Å²) in [5.41, 5.74) is 10.6. The summed E-state index contributed by atoms with van der Waals surface area (Å²) >= 11 is 1.44. The van der Waals surface area contributed by atoms with Gasteiger partial charge in [0.25, 0.3) is 5.91 Å². The normalized spacial score (nSPS) is 18.0. The molecular formula is C23H24N4O3S. The number of rotatable bonds is 3. The van der Waals surface area contributed by atoms with E-state index < -0.39 is 0 Å². The molecule has 8 heteroatoms. The number of amides is 1. The summed E-state index contributed by atoms with van der Waals surface area (Å²) < 4.78 is 10.9. The number of carbonyl (C=O) groups excluding carboxylic acids is 1. The third-order valence-electron chi connectivity index (χ3n) is 6.45. The second kappa shape index (κ2) is 7.39. The summed E-state index contributed by atoms with van der Waals surface area (Å²) in [6, 6.07) is 8.23. The number of hydrogen-bond acceptors (Lipinski definition) is 7. The van der Waals surface area contributed by atoms with Crippen LogP contribution in [0.5, 0.6) is 11.5 Å². The molecule has 0 unspecified atom stereocenters. The molecule has 0 bridgehead atoms. The van der Waals surface area contributed by atoms with Gasteiger partial charge in [0.05, 0.1) is 5.69 Å². The van der Waals surface area contributed by atoms with E-state index in [-0.39, 0.29) is 5.91 Å². The first kappa shape index (κ1) is 18.9. The molecule has 1 aromatic carbocycles. The van der Waals surface area contributed by atoms with Gasteiger partial charge in [0.1, 0.15) is 9.71 Å². The van der Waals surface area contributed by atoms with Gasteiger partial charge in [0.2, 0.25) is 6.79 Å². The summed E-state index contributed by atoms with van der Waals surface area (Å²) in [6.45, 7) is 4.18. The topological polar surface area (TPSA) is 80.9 Å². The molecule has 1 aliphatic carbocycles. The van der Waals surface area contributed by atoms with E-state index in [9.17, 15) is 4.79 Å². The monoisotopic (exact) mass is 436 g/mol. The Morgan fingerprint density at radius 1 is 1.10 bits per heavy atom. The quantitative estimate of drug-likeness (QED) is 0.680. The summed E-state index contributed by atoms with van der Waals surface area (Å²) in [7, 11) is 0. The van der Waals surface area contributed by atoms with Gasteiger partial charge in [-0.1, -0.05) is 6.07 Å². The van der Waals surface area contributed by atoms with Gasteiger partial charge >= 0.3 is 0 Å². The smallest absolute Gasteiger partial charge is 0.266 e. The Bertz CT molecular complexity index is 1180. The molecule has 2 aliphatic heterocycles. The minimum Gasteiger partial charge on any atom is -0.454 e. The lowest BCUT2D eigenvalue weighted by molar-refractivity contribution is 0.0634. The zero-order valence-corrected chi connectivity index (χ0v) is 18.0. The second-order valence-corrected chi connectivity index (χ2v) is 9.40. The zero-order chi connectivity index (χ0) is 20.9. The molecule has 0 atom stereocenters. The number of pyridine rings is 1. The highest BCUT2D eigenvalue weighted by atomic mass is 32.1. The van der Waals surface area contributed by atoms with Crippen molar-refractivity contribution in [2.24, 2.45) is 0 Å². The number of nitrogen functional groups attached to an aromatic ring is 1. The molecule has 1 amide bonds. The largest absolute Gasteiger partial charge is 0.454 e. The molecule has 0 spiro atoms. The van der Waals surface area contributed by atoms with Crippen LogP contribution in [0.1, 0.15) is 32.9 Å². The zero-order valence-electron chi connectivity index (χ0n) is 17.2. The van der Waals surface area contributed by atoms with Gasteiger partial charge in [-0.2, -0.15) is 0 Å². The lowest BCUT2D eigenvalue weighted by Gasteiger charge is -2.34. The molecule has 1 fully saturated rings. The fourth-order valence-corrected chi connectivity index (χ4v) is 5.77. The van der Waals surface area contributed by atoms with Crippen molar-refractivity contribution in [1.29, 1.82) is 0 Å². The van der Waals surface area contributed by atoms with Crippen molar-refractivity contribution in [3.05, 3.63) is 46.0 Å². The number of benzene rings is 1. The van der Waals surface area contributed by atoms with Gasteiger partial charge in [-0.25, -0.2) is 4.98 Å². The van der Waals surface area contributed by atoms with Crippen molar-refractivity contribution in [2.45, 2.75) is 25.8 Å². The minimum atomic E-state index is 0.0309. The van der Waals surface area contributed by atoms with E-state index in [1.807, 2.05) is 17.0 Å². The maximum atomic E-state index is 13.2. The van der Waals surface area contributed by atoms with Gasteiger partial charge in [-0.3, -0.25) is 9.69 Å². The first-order valence-corrected chi connectivity index (χ1v) is 11.6. The number of thiophene rings is 1. The SMILES string of the molecule is Nc1c(C(=O)N2CCN(Cc3ccc4c(c3)OCO4)CC2)sc2nc3c(cc12)CCC3. The lowest BCUT2D eigenvalue weighted by atomic mass is 10.1. The Hall–Kier alpha value is -2.84. The standard InChI is InChI=1S/C23H24N4O3S/c24-20-16-11-15-2-1-3-17(15)25-22(16)31-21(20)23(28)27-8-6-26(7-9-27)12-14-4-5-18-19(10-14)30-13-29-18/h4-5,10-11H,1-3,6-9,12-13,24H2. The van der Waals surface area contributed by atoms with Crippen LogP contribution in [0.25, 0.3) is 10.2 Å². The van der Waals surface area contributed by atoms with Crippen molar-refractivity contribution in [3.8, 4) is 11.5 Å². The maximum absolute atomic E-state index is 13.2. The summed E-state index contributed by atoms with van der Waals surface area (Å²) in [4.78, 5) is 23.8. The third kappa shape index (κ3) is 3.30. The molecule has 0 radical (unpaired) electrons. The molecule has 7 nitrogen and oxygen atoms in total. The number of anilines is 1. The average molecular weight is 437 g/mol. The van der Waals surface area contributed by atoms with E-state index in [4.69, 9.17) is 20.2 Å². The molecule has 2 aromatic heterocycles. The molecule has 2 N–H and O–H groups in total. The molecule has 3 aromatic rings. The number of piperazine rings is 1. The summed E-state index contributed by atoms with van der Waals surface area (Å²) in [5, 5.41) is 0.940. The highest BCUT2D eigenvalue weighted by molar-refractivity contribution is 7.21. The summed E-state index contributed by atoms with van der Waals surface area (Å²) in [6.07, 6.45) is 3.24. The molecule has 0 saturated carbocycles. The van der Waals surface area contributed by atoms with Gasteiger partial charge in [-0.05, 0) is 48.6 Å². The fraction of sp³-hybridized carbons (Fsp3) is 0.391. The third-order valence-corrected chi connectivity index (χ3v) is 7.55. The summed E-state index contributed by atoms with van der Waals surface area (Å²) in [5.74, 6) is 1.65. The van der Waals surface area contributed by atoms with Crippen LogP contribution in [0.15, 0.2) is 24.3 Å². The van der Waals surface area contributed by atoms with Gasteiger partial charge in [-0.15, -0.1) is 11.3 Å². The molecule has 1 saturated heterocycles. The maximum Gasteiger partial charge on any atom is 0.266 e. The Morgan fingerprint density at radius 3 is 2.81 bits per heavy atom. The number of nitrogens with two attached hydrogens (primary N) is 1. The number of aromatic nitrogens is 1. The van der Waals surface area contributed by atoms with E-state index in [0.29, 0.717) is 30.4 Å². The lowest BCUT2D eigenvalue weighted by Crippen LogP contribution is -2.48. The van der Waals surface area contributed by atoms with E-state index in [1.165, 1.54) is 28.2 Å². The number of aryl methyl sites for hydroxylation is 2. The molecular weight excluding hydrogens is 412 g/mol. The van der Waals surface area contributed by atoms with Crippen molar-refractivity contribution >= 4 is 33.1 Å². The Balaban J connectivity index is 1.14. The number of carbonyl (C=O) groups is 1. The Morgan fingerprint density at radius 2 is 1.94 bits per heavy atom. The van der Waals surface area contributed by atoms with Gasteiger partial charge in [0, 0.05) is 43.8 Å². The van der Waals surface area contributed by atoms with Crippen LogP contribution in [0.4, 0.5) is 5.69 Å². The predicted octanol–water partition coefficient (Wildman–Crippen LogP) is 3.05. The first-order valence-electron chi connectivity index (χ1n) is 10.8. The molecule has 4 heterocycles. The Labute approximate surface area is 184 Å². The minimum absolute atomic E-state index is 0.0309. The highest BCUT2D eigenvalue weighted by Crippen LogP contribution is 2.37. The van der Waals surface area contributed by atoms with Crippen LogP contribution < -0.4 is 15.2 Å². The van der Waals surface area contributed by atoms with Crippen LogP contribution in [-0.4, -0.2) is 53.7 Å². The van der Waals surface area contributed by atoms with Crippen LogP contribution in [0, 0.1) is 0 Å². The van der Waals surface area contributed by atoms with Crippen molar-refractivity contribution in [1.82, 2.24) is 14.8 Å². The highest BCUT2D eigenvalue weighted by Gasteiger charge is 2.27.